The summed E-state index contributed by atoms with van der Waals surface area (Å²) in [6.07, 6.45) is 3.68. The van der Waals surface area contributed by atoms with Crippen molar-refractivity contribution in [1.82, 2.24) is 5.32 Å². The van der Waals surface area contributed by atoms with E-state index < -0.39 is 0 Å². The van der Waals surface area contributed by atoms with Crippen LogP contribution in [0, 0.1) is 5.92 Å². The third-order valence-electron chi connectivity index (χ3n) is 3.54. The Labute approximate surface area is 122 Å². The number of hydrogen-bond acceptors (Lipinski definition) is 2. The molecule has 1 N–H and O–H groups in total. The molecular formula is C14H19BrClNO. The smallest absolute Gasteiger partial charge is 0.119 e. The Bertz CT molecular complexity index is 399. The minimum Gasteiger partial charge on any atom is -0.497 e. The Morgan fingerprint density at radius 2 is 2.28 bits per heavy atom. The van der Waals surface area contributed by atoms with Crippen molar-refractivity contribution in [2.45, 2.75) is 31.2 Å². The van der Waals surface area contributed by atoms with Gasteiger partial charge in [-0.05, 0) is 49.1 Å². The number of ether oxygens (including phenoxy) is 1. The molecule has 1 aliphatic carbocycles. The molecule has 2 rings (SSSR count). The first-order chi connectivity index (χ1) is 8.70. The molecule has 0 spiro atoms. The summed E-state index contributed by atoms with van der Waals surface area (Å²) in [5.41, 5.74) is 1.22. The molecule has 0 aliphatic heterocycles. The fourth-order valence-electron chi connectivity index (χ4n) is 2.43. The number of nitrogens with one attached hydrogen (secondary N) is 1. The SMILES string of the molecule is COc1ccc(Br)c(CNCC2CCCC2Cl)c1. The Morgan fingerprint density at radius 1 is 1.44 bits per heavy atom. The zero-order valence-corrected chi connectivity index (χ0v) is 12.9. The molecule has 0 radical (unpaired) electrons. The molecule has 0 amide bonds. The van der Waals surface area contributed by atoms with Crippen molar-refractivity contribution in [3.05, 3.63) is 28.2 Å². The molecular weight excluding hydrogens is 314 g/mol. The van der Waals surface area contributed by atoms with Crippen molar-refractivity contribution in [1.29, 1.82) is 0 Å². The van der Waals surface area contributed by atoms with Gasteiger partial charge >= 0.3 is 0 Å². The van der Waals surface area contributed by atoms with Crippen molar-refractivity contribution >= 4 is 27.5 Å². The molecule has 1 fully saturated rings. The van der Waals surface area contributed by atoms with Gasteiger partial charge in [0.25, 0.3) is 0 Å². The molecule has 2 nitrogen and oxygen atoms in total. The predicted molar refractivity (Wildman–Crippen MR) is 79.4 cm³/mol. The van der Waals surface area contributed by atoms with Crippen LogP contribution in [-0.4, -0.2) is 19.0 Å². The van der Waals surface area contributed by atoms with Crippen LogP contribution in [0.3, 0.4) is 0 Å². The Kier molecular flexibility index (Phi) is 5.34. The predicted octanol–water partition coefficient (Wildman–Crippen LogP) is 3.95. The first-order valence-corrected chi connectivity index (χ1v) is 7.61. The summed E-state index contributed by atoms with van der Waals surface area (Å²) in [6.45, 7) is 1.84. The van der Waals surface area contributed by atoms with E-state index in [4.69, 9.17) is 16.3 Å². The standard InChI is InChI=1S/C14H19BrClNO/c1-18-12-5-6-13(15)11(7-12)9-17-8-10-3-2-4-14(10)16/h5-7,10,14,17H,2-4,8-9H2,1H3. The van der Waals surface area contributed by atoms with Gasteiger partial charge in [-0.1, -0.05) is 22.4 Å². The Hall–Kier alpha value is -0.250. The van der Waals surface area contributed by atoms with Crippen molar-refractivity contribution < 1.29 is 4.74 Å². The fraction of sp³-hybridized carbons (Fsp3) is 0.571. The van der Waals surface area contributed by atoms with Crippen LogP contribution >= 0.6 is 27.5 Å². The monoisotopic (exact) mass is 331 g/mol. The van der Waals surface area contributed by atoms with Gasteiger partial charge in [0.05, 0.1) is 7.11 Å². The summed E-state index contributed by atoms with van der Waals surface area (Å²) in [4.78, 5) is 0. The van der Waals surface area contributed by atoms with Crippen LogP contribution in [0.4, 0.5) is 0 Å². The van der Waals surface area contributed by atoms with Crippen molar-refractivity contribution in [3.8, 4) is 5.75 Å². The third kappa shape index (κ3) is 3.62. The van der Waals surface area contributed by atoms with Gasteiger partial charge in [-0.2, -0.15) is 0 Å². The maximum Gasteiger partial charge on any atom is 0.119 e. The second-order valence-corrected chi connectivity index (χ2v) is 6.21. The van der Waals surface area contributed by atoms with Crippen LogP contribution in [0.5, 0.6) is 5.75 Å². The van der Waals surface area contributed by atoms with Crippen LogP contribution < -0.4 is 10.1 Å². The maximum absolute atomic E-state index is 6.27. The highest BCUT2D eigenvalue weighted by Gasteiger charge is 2.24. The highest BCUT2D eigenvalue weighted by atomic mass is 79.9. The van der Waals surface area contributed by atoms with Crippen LogP contribution in [0.15, 0.2) is 22.7 Å². The number of alkyl halides is 1. The summed E-state index contributed by atoms with van der Waals surface area (Å²) < 4.78 is 6.35. The zero-order valence-electron chi connectivity index (χ0n) is 10.6. The van der Waals surface area contributed by atoms with Gasteiger partial charge in [0.15, 0.2) is 0 Å². The number of methoxy groups -OCH3 is 1. The minimum absolute atomic E-state index is 0.353. The van der Waals surface area contributed by atoms with E-state index in [9.17, 15) is 0 Å². The minimum atomic E-state index is 0.353. The number of halogens is 2. The van der Waals surface area contributed by atoms with E-state index in [1.54, 1.807) is 7.11 Å². The Balaban J connectivity index is 1.86. The number of rotatable bonds is 5. The molecule has 0 heterocycles. The van der Waals surface area contributed by atoms with E-state index in [-0.39, 0.29) is 0 Å². The topological polar surface area (TPSA) is 21.3 Å². The van der Waals surface area contributed by atoms with Crippen LogP contribution in [0.25, 0.3) is 0 Å². The lowest BCUT2D eigenvalue weighted by atomic mass is 10.1. The lowest BCUT2D eigenvalue weighted by molar-refractivity contribution is 0.413. The molecule has 1 saturated carbocycles. The maximum atomic E-state index is 6.27. The molecule has 4 heteroatoms. The summed E-state index contributed by atoms with van der Waals surface area (Å²) in [5.74, 6) is 1.52. The first-order valence-electron chi connectivity index (χ1n) is 6.38. The Morgan fingerprint density at radius 3 is 2.94 bits per heavy atom. The van der Waals surface area contributed by atoms with Gasteiger partial charge in [-0.3, -0.25) is 0 Å². The normalized spacial score (nSPS) is 23.3. The van der Waals surface area contributed by atoms with Crippen LogP contribution in [0.2, 0.25) is 0 Å². The number of benzene rings is 1. The molecule has 100 valence electrons. The molecule has 1 aliphatic rings. The van der Waals surface area contributed by atoms with Gasteiger partial charge in [-0.15, -0.1) is 11.6 Å². The molecule has 0 aromatic heterocycles. The quantitative estimate of drug-likeness (QED) is 0.824. The van der Waals surface area contributed by atoms with Gasteiger partial charge < -0.3 is 10.1 Å². The van der Waals surface area contributed by atoms with Crippen molar-refractivity contribution in [2.24, 2.45) is 5.92 Å². The molecule has 2 atom stereocenters. The van der Waals surface area contributed by atoms with E-state index in [0.29, 0.717) is 11.3 Å². The van der Waals surface area contributed by atoms with E-state index in [2.05, 4.69) is 27.3 Å². The van der Waals surface area contributed by atoms with E-state index in [0.717, 1.165) is 29.7 Å². The molecule has 0 bridgehead atoms. The van der Waals surface area contributed by atoms with E-state index in [1.807, 2.05) is 12.1 Å². The lowest BCUT2D eigenvalue weighted by Crippen LogP contribution is -2.25. The van der Waals surface area contributed by atoms with E-state index >= 15 is 0 Å². The van der Waals surface area contributed by atoms with Crippen LogP contribution in [0.1, 0.15) is 24.8 Å². The van der Waals surface area contributed by atoms with Crippen molar-refractivity contribution in [2.75, 3.05) is 13.7 Å². The molecule has 1 aromatic carbocycles. The van der Waals surface area contributed by atoms with Crippen LogP contribution in [-0.2, 0) is 6.54 Å². The largest absolute Gasteiger partial charge is 0.497 e. The fourth-order valence-corrected chi connectivity index (χ4v) is 3.18. The highest BCUT2D eigenvalue weighted by Crippen LogP contribution is 2.29. The summed E-state index contributed by atoms with van der Waals surface area (Å²) >= 11 is 9.83. The summed E-state index contributed by atoms with van der Waals surface area (Å²) in [7, 11) is 1.69. The lowest BCUT2D eigenvalue weighted by Gasteiger charge is -2.15. The summed E-state index contributed by atoms with van der Waals surface area (Å²) in [5, 5.41) is 3.85. The third-order valence-corrected chi connectivity index (χ3v) is 4.89. The highest BCUT2D eigenvalue weighted by molar-refractivity contribution is 9.10. The summed E-state index contributed by atoms with van der Waals surface area (Å²) in [6, 6.07) is 6.04. The average molecular weight is 333 g/mol. The molecule has 1 aromatic rings. The number of hydrogen-bond donors (Lipinski definition) is 1. The molecule has 18 heavy (non-hydrogen) atoms. The van der Waals surface area contributed by atoms with Gasteiger partial charge in [-0.25, -0.2) is 0 Å². The molecule has 0 saturated heterocycles. The zero-order chi connectivity index (χ0) is 13.0. The van der Waals surface area contributed by atoms with Gasteiger partial charge in [0, 0.05) is 16.4 Å². The van der Waals surface area contributed by atoms with Gasteiger partial charge in [0.2, 0.25) is 0 Å². The van der Waals surface area contributed by atoms with Crippen molar-refractivity contribution in [3.63, 3.8) is 0 Å². The second-order valence-electron chi connectivity index (χ2n) is 4.80. The van der Waals surface area contributed by atoms with E-state index in [1.165, 1.54) is 18.4 Å². The average Bonchev–Trinajstić information content (AvgIpc) is 2.77. The molecule has 2 unspecified atom stereocenters. The second kappa shape index (κ2) is 6.78. The van der Waals surface area contributed by atoms with Gasteiger partial charge in [0.1, 0.15) is 5.75 Å². The first kappa shape index (κ1) is 14.2.